The number of hydrogen-bond acceptors (Lipinski definition) is 5. The van der Waals surface area contributed by atoms with E-state index in [9.17, 15) is 18.0 Å². The van der Waals surface area contributed by atoms with Crippen LogP contribution in [-0.2, 0) is 6.18 Å². The second-order valence-corrected chi connectivity index (χ2v) is 5.78. The highest BCUT2D eigenvalue weighted by Gasteiger charge is 2.32. The van der Waals surface area contributed by atoms with Gasteiger partial charge >= 0.3 is 12.1 Å². The molecule has 0 bridgehead atoms. The van der Waals surface area contributed by atoms with Crippen molar-refractivity contribution in [2.24, 2.45) is 0 Å². The largest absolute Gasteiger partial charge is 0.477 e. The smallest absolute Gasteiger partial charge is 0.433 e. The van der Waals surface area contributed by atoms with E-state index in [0.717, 1.165) is 6.07 Å². The molecule has 0 aliphatic rings. The highest BCUT2D eigenvalue weighted by atomic mass is 19.4. The van der Waals surface area contributed by atoms with Crippen LogP contribution in [0.15, 0.2) is 55.0 Å². The van der Waals surface area contributed by atoms with Crippen LogP contribution in [0.1, 0.15) is 16.2 Å². The molecule has 0 aliphatic heterocycles. The Morgan fingerprint density at radius 2 is 1.89 bits per heavy atom. The topological polar surface area (TPSA) is 93.8 Å². The molecule has 4 heterocycles. The Morgan fingerprint density at radius 3 is 2.64 bits per heavy atom. The molecule has 0 atom stereocenters. The second kappa shape index (κ2) is 6.41. The van der Waals surface area contributed by atoms with Gasteiger partial charge in [-0.3, -0.25) is 0 Å². The summed E-state index contributed by atoms with van der Waals surface area (Å²) in [6.07, 6.45) is -0.174. The molecule has 140 valence electrons. The Labute approximate surface area is 155 Å². The summed E-state index contributed by atoms with van der Waals surface area (Å²) in [5, 5.41) is 13.6. The Kier molecular flexibility index (Phi) is 4.03. The van der Waals surface area contributed by atoms with E-state index in [1.54, 1.807) is 18.3 Å². The van der Waals surface area contributed by atoms with Gasteiger partial charge in [-0.2, -0.15) is 18.3 Å². The summed E-state index contributed by atoms with van der Waals surface area (Å²) in [5.41, 5.74) is -0.0566. The van der Waals surface area contributed by atoms with E-state index in [1.807, 2.05) is 0 Å². The lowest BCUT2D eigenvalue weighted by molar-refractivity contribution is -0.140. The molecule has 0 saturated carbocycles. The zero-order valence-electron chi connectivity index (χ0n) is 13.9. The first kappa shape index (κ1) is 17.6. The summed E-state index contributed by atoms with van der Waals surface area (Å²) in [6, 6.07) is 8.11. The monoisotopic (exact) mass is 385 g/mol. The minimum Gasteiger partial charge on any atom is -0.477 e. The Balaban J connectivity index is 1.78. The minimum absolute atomic E-state index is 0.114. The second-order valence-electron chi connectivity index (χ2n) is 5.78. The van der Waals surface area contributed by atoms with Crippen molar-refractivity contribution < 1.29 is 23.1 Å². The summed E-state index contributed by atoms with van der Waals surface area (Å²) in [5.74, 6) is -0.865. The molecule has 7 nitrogen and oxygen atoms in total. The van der Waals surface area contributed by atoms with Gasteiger partial charge in [-0.05, 0) is 30.3 Å². The molecule has 4 aromatic heterocycles. The molecule has 0 spiro atoms. The van der Waals surface area contributed by atoms with Crippen molar-refractivity contribution in [3.05, 3.63) is 66.4 Å². The quantitative estimate of drug-likeness (QED) is 0.579. The van der Waals surface area contributed by atoms with E-state index in [-0.39, 0.29) is 11.2 Å². The van der Waals surface area contributed by atoms with Crippen LogP contribution in [0, 0.1) is 0 Å². The third kappa shape index (κ3) is 3.15. The van der Waals surface area contributed by atoms with Gasteiger partial charge in [0.15, 0.2) is 5.82 Å². The van der Waals surface area contributed by atoms with E-state index in [4.69, 9.17) is 5.11 Å². The fraction of sp³-hybridized carbons (Fsp3) is 0.0556. The molecule has 0 amide bonds. The third-order valence-corrected chi connectivity index (χ3v) is 3.95. The summed E-state index contributed by atoms with van der Waals surface area (Å²) in [7, 11) is 0. The fourth-order valence-corrected chi connectivity index (χ4v) is 2.67. The molecule has 0 aromatic carbocycles. The van der Waals surface area contributed by atoms with Crippen molar-refractivity contribution in [1.82, 2.24) is 24.7 Å². The standard InChI is InChI=1S/C18H10F3N5O2/c19-18(20,21)15-5-4-11-13(25-15)6-7-22-16(11)26-9-10(8-23-26)12-2-1-3-14(24-12)17(27)28/h1-9H,(H,27,28). The molecule has 1 N–H and O–H groups in total. The van der Waals surface area contributed by atoms with Crippen molar-refractivity contribution in [3.63, 3.8) is 0 Å². The van der Waals surface area contributed by atoms with Crippen molar-refractivity contribution in [2.45, 2.75) is 6.18 Å². The van der Waals surface area contributed by atoms with Crippen molar-refractivity contribution in [1.29, 1.82) is 0 Å². The van der Waals surface area contributed by atoms with Crippen LogP contribution in [0.25, 0.3) is 28.0 Å². The zero-order valence-corrected chi connectivity index (χ0v) is 13.9. The molecule has 10 heteroatoms. The van der Waals surface area contributed by atoms with Gasteiger partial charge < -0.3 is 5.11 Å². The maximum absolute atomic E-state index is 12.9. The number of aromatic nitrogens is 5. The van der Waals surface area contributed by atoms with Gasteiger partial charge in [0, 0.05) is 23.3 Å². The normalized spacial score (nSPS) is 11.7. The summed E-state index contributed by atoms with van der Waals surface area (Å²) < 4.78 is 40.0. The van der Waals surface area contributed by atoms with Gasteiger partial charge in [0.05, 0.1) is 17.4 Å². The average Bonchev–Trinajstić information content (AvgIpc) is 3.16. The van der Waals surface area contributed by atoms with E-state index >= 15 is 0 Å². The molecule has 4 aromatic rings. The number of hydrogen-bond donors (Lipinski definition) is 1. The number of carbonyl (C=O) groups is 1. The first-order valence-electron chi connectivity index (χ1n) is 7.91. The minimum atomic E-state index is -4.54. The molecule has 0 fully saturated rings. The van der Waals surface area contributed by atoms with Gasteiger partial charge in [0.25, 0.3) is 0 Å². The highest BCUT2D eigenvalue weighted by Crippen LogP contribution is 2.30. The number of pyridine rings is 3. The maximum atomic E-state index is 12.9. The SMILES string of the molecule is O=C(O)c1cccc(-c2cnn(-c3nccc4nc(C(F)(F)F)ccc34)c2)n1. The lowest BCUT2D eigenvalue weighted by Crippen LogP contribution is -2.08. The van der Waals surface area contributed by atoms with Crippen LogP contribution < -0.4 is 0 Å². The number of halogens is 3. The highest BCUT2D eigenvalue weighted by molar-refractivity contribution is 5.86. The predicted octanol–water partition coefficient (Wildman–Crippen LogP) is 3.59. The van der Waals surface area contributed by atoms with E-state index in [0.29, 0.717) is 22.5 Å². The van der Waals surface area contributed by atoms with Crippen molar-refractivity contribution >= 4 is 16.9 Å². The van der Waals surface area contributed by atoms with Crippen LogP contribution in [0.3, 0.4) is 0 Å². The number of rotatable bonds is 3. The first-order chi connectivity index (χ1) is 13.3. The number of nitrogens with zero attached hydrogens (tertiary/aromatic N) is 5. The molecular formula is C18H10F3N5O2. The molecule has 28 heavy (non-hydrogen) atoms. The number of carboxylic acids is 1. The van der Waals surface area contributed by atoms with Crippen molar-refractivity contribution in [2.75, 3.05) is 0 Å². The van der Waals surface area contributed by atoms with E-state index in [1.165, 1.54) is 35.3 Å². The van der Waals surface area contributed by atoms with Gasteiger partial charge in [-0.1, -0.05) is 6.07 Å². The maximum Gasteiger partial charge on any atom is 0.433 e. The number of fused-ring (bicyclic) bond motifs is 1. The van der Waals surface area contributed by atoms with Crippen LogP contribution >= 0.6 is 0 Å². The Hall–Kier alpha value is -3.82. The van der Waals surface area contributed by atoms with E-state index < -0.39 is 17.8 Å². The van der Waals surface area contributed by atoms with Crippen LogP contribution in [-0.4, -0.2) is 35.8 Å². The van der Waals surface area contributed by atoms with Crippen LogP contribution in [0.4, 0.5) is 13.2 Å². The van der Waals surface area contributed by atoms with Gasteiger partial charge in [-0.25, -0.2) is 24.4 Å². The van der Waals surface area contributed by atoms with Crippen LogP contribution in [0.2, 0.25) is 0 Å². The summed E-state index contributed by atoms with van der Waals surface area (Å²) in [6.45, 7) is 0. The van der Waals surface area contributed by atoms with Gasteiger partial charge in [0.2, 0.25) is 0 Å². The van der Waals surface area contributed by atoms with E-state index in [2.05, 4.69) is 20.1 Å². The Morgan fingerprint density at radius 1 is 1.07 bits per heavy atom. The third-order valence-electron chi connectivity index (χ3n) is 3.95. The van der Waals surface area contributed by atoms with Crippen molar-refractivity contribution in [3.8, 4) is 17.1 Å². The zero-order chi connectivity index (χ0) is 19.9. The molecule has 0 saturated heterocycles. The molecule has 0 unspecified atom stereocenters. The summed E-state index contributed by atoms with van der Waals surface area (Å²) >= 11 is 0. The number of aromatic carboxylic acids is 1. The molecule has 0 radical (unpaired) electrons. The predicted molar refractivity (Wildman–Crippen MR) is 91.9 cm³/mol. The molecular weight excluding hydrogens is 375 g/mol. The van der Waals surface area contributed by atoms with Gasteiger partial charge in [-0.15, -0.1) is 0 Å². The molecule has 0 aliphatic carbocycles. The fourth-order valence-electron chi connectivity index (χ4n) is 2.67. The summed E-state index contributed by atoms with van der Waals surface area (Å²) in [4.78, 5) is 22.9. The average molecular weight is 385 g/mol. The number of alkyl halides is 3. The first-order valence-corrected chi connectivity index (χ1v) is 7.91. The van der Waals surface area contributed by atoms with Crippen LogP contribution in [0.5, 0.6) is 0 Å². The number of carboxylic acid groups (broad SMARTS) is 1. The Bertz CT molecular complexity index is 1200. The lowest BCUT2D eigenvalue weighted by atomic mass is 10.2. The lowest BCUT2D eigenvalue weighted by Gasteiger charge is -2.09. The molecule has 4 rings (SSSR count). The van der Waals surface area contributed by atoms with Gasteiger partial charge in [0.1, 0.15) is 11.4 Å².